The van der Waals surface area contributed by atoms with Crippen LogP contribution in [0.3, 0.4) is 0 Å². The maximum absolute atomic E-state index is 5.11. The molecule has 1 aromatic heterocycles. The number of rotatable bonds is 6. The van der Waals surface area contributed by atoms with Crippen molar-refractivity contribution in [3.8, 4) is 45.3 Å². The highest BCUT2D eigenvalue weighted by Gasteiger charge is 2.27. The van der Waals surface area contributed by atoms with Gasteiger partial charge in [-0.25, -0.2) is 15.0 Å². The Morgan fingerprint density at radius 2 is 1.04 bits per heavy atom. The molecule has 8 aromatic carbocycles. The van der Waals surface area contributed by atoms with Crippen molar-refractivity contribution in [3.63, 3.8) is 0 Å². The predicted octanol–water partition coefficient (Wildman–Crippen LogP) is 12.8. The van der Waals surface area contributed by atoms with Crippen molar-refractivity contribution < 1.29 is 0 Å². The number of para-hydroxylation sites is 1. The van der Waals surface area contributed by atoms with Crippen LogP contribution in [0, 0.1) is 0 Å². The Balaban J connectivity index is 1.19. The summed E-state index contributed by atoms with van der Waals surface area (Å²) in [6.45, 7) is 0. The molecule has 0 saturated heterocycles. The van der Waals surface area contributed by atoms with Gasteiger partial charge in [0.25, 0.3) is 0 Å². The van der Waals surface area contributed by atoms with Gasteiger partial charge < -0.3 is 4.90 Å². The summed E-state index contributed by atoms with van der Waals surface area (Å²) >= 11 is 1.82. The Hall–Kier alpha value is -6.56. The molecular weight excluding hydrogens is 653 g/mol. The molecule has 0 aliphatic carbocycles. The fourth-order valence-corrected chi connectivity index (χ4v) is 8.45. The lowest BCUT2D eigenvalue weighted by atomic mass is 9.93. The van der Waals surface area contributed by atoms with E-state index in [-0.39, 0.29) is 0 Å². The van der Waals surface area contributed by atoms with E-state index in [1.54, 1.807) is 0 Å². The molecule has 0 saturated carbocycles. The van der Waals surface area contributed by atoms with Gasteiger partial charge in [-0.15, -0.1) is 0 Å². The molecular formula is C47H30N4S. The summed E-state index contributed by atoms with van der Waals surface area (Å²) < 4.78 is 0. The van der Waals surface area contributed by atoms with Crippen LogP contribution in [-0.4, -0.2) is 15.0 Å². The van der Waals surface area contributed by atoms with Crippen molar-refractivity contribution in [2.24, 2.45) is 0 Å². The highest BCUT2D eigenvalue weighted by Crippen LogP contribution is 2.54. The largest absolute Gasteiger partial charge is 0.310 e. The minimum absolute atomic E-state index is 0.654. The monoisotopic (exact) mass is 682 g/mol. The summed E-state index contributed by atoms with van der Waals surface area (Å²) in [5, 5.41) is 4.75. The van der Waals surface area contributed by atoms with Crippen molar-refractivity contribution >= 4 is 50.4 Å². The smallest absolute Gasteiger partial charge is 0.164 e. The number of fused-ring (bicyclic) bond motifs is 3. The van der Waals surface area contributed by atoms with Crippen LogP contribution in [0.15, 0.2) is 192 Å². The fraction of sp³-hybridized carbons (Fsp3) is 0. The number of nitrogens with zero attached hydrogens (tertiary/aromatic N) is 4. The number of benzene rings is 8. The van der Waals surface area contributed by atoms with Gasteiger partial charge in [0.05, 0.1) is 5.69 Å². The molecule has 0 radical (unpaired) electrons. The van der Waals surface area contributed by atoms with Crippen LogP contribution in [0.5, 0.6) is 0 Å². The maximum atomic E-state index is 5.11. The van der Waals surface area contributed by atoms with Gasteiger partial charge in [-0.05, 0) is 70.3 Å². The highest BCUT2D eigenvalue weighted by molar-refractivity contribution is 7.99. The van der Waals surface area contributed by atoms with Crippen LogP contribution in [0.1, 0.15) is 0 Å². The minimum atomic E-state index is 0.654. The van der Waals surface area contributed by atoms with Crippen molar-refractivity contribution in [3.05, 3.63) is 182 Å². The molecule has 10 rings (SSSR count). The first-order chi connectivity index (χ1) is 25.8. The van der Waals surface area contributed by atoms with Gasteiger partial charge in [0.15, 0.2) is 17.5 Å². The average molecular weight is 683 g/mol. The molecule has 1 aliphatic heterocycles. The average Bonchev–Trinajstić information content (AvgIpc) is 3.22. The Bertz CT molecular complexity index is 2710. The highest BCUT2D eigenvalue weighted by atomic mass is 32.2. The third-order valence-corrected chi connectivity index (χ3v) is 10.8. The van der Waals surface area contributed by atoms with Crippen molar-refractivity contribution in [1.29, 1.82) is 0 Å². The van der Waals surface area contributed by atoms with E-state index in [1.165, 1.54) is 37.1 Å². The van der Waals surface area contributed by atoms with Crippen LogP contribution in [0.4, 0.5) is 17.1 Å². The van der Waals surface area contributed by atoms with E-state index in [1.807, 2.05) is 48.2 Å². The second-order valence-electron chi connectivity index (χ2n) is 12.8. The van der Waals surface area contributed by atoms with Gasteiger partial charge in [-0.1, -0.05) is 145 Å². The SMILES string of the molecule is c1ccc(-c2nc(-c3ccccc3)nc(-c3ccc4c5c(cccc35)-c3c(cccc3N(c3ccccc3)c3ccc5ccccc5c3)S4)n2)cc1. The second-order valence-corrected chi connectivity index (χ2v) is 13.9. The van der Waals surface area contributed by atoms with E-state index < -0.39 is 0 Å². The third-order valence-electron chi connectivity index (χ3n) is 9.68. The van der Waals surface area contributed by atoms with E-state index in [0.717, 1.165) is 39.1 Å². The first-order valence-corrected chi connectivity index (χ1v) is 18.2. The molecule has 1 aliphatic rings. The summed E-state index contributed by atoms with van der Waals surface area (Å²) in [6, 6.07) is 64.0. The van der Waals surface area contributed by atoms with Crippen molar-refractivity contribution in [2.45, 2.75) is 9.79 Å². The molecule has 0 spiro atoms. The van der Waals surface area contributed by atoms with Crippen LogP contribution < -0.4 is 4.90 Å². The summed E-state index contributed by atoms with van der Waals surface area (Å²) in [5.41, 5.74) is 8.65. The summed E-state index contributed by atoms with van der Waals surface area (Å²) in [5.74, 6) is 1.96. The molecule has 9 aromatic rings. The number of aromatic nitrogens is 3. The zero-order valence-corrected chi connectivity index (χ0v) is 28.8. The Morgan fingerprint density at radius 1 is 0.404 bits per heavy atom. The molecule has 52 heavy (non-hydrogen) atoms. The van der Waals surface area contributed by atoms with Crippen LogP contribution in [0.2, 0.25) is 0 Å². The van der Waals surface area contributed by atoms with Gasteiger partial charge in [-0.3, -0.25) is 0 Å². The Morgan fingerprint density at radius 3 is 1.77 bits per heavy atom. The fourth-order valence-electron chi connectivity index (χ4n) is 7.29. The van der Waals surface area contributed by atoms with Crippen LogP contribution in [0.25, 0.3) is 66.8 Å². The normalized spacial score (nSPS) is 11.8. The molecule has 0 atom stereocenters. The quantitative estimate of drug-likeness (QED) is 0.175. The van der Waals surface area contributed by atoms with Crippen LogP contribution >= 0.6 is 11.8 Å². The predicted molar refractivity (Wildman–Crippen MR) is 215 cm³/mol. The Labute approximate surface area is 306 Å². The lowest BCUT2D eigenvalue weighted by Gasteiger charge is -2.31. The minimum Gasteiger partial charge on any atom is -0.310 e. The van der Waals surface area contributed by atoms with Crippen molar-refractivity contribution in [1.82, 2.24) is 15.0 Å². The first-order valence-electron chi connectivity index (χ1n) is 17.4. The van der Waals surface area contributed by atoms with Crippen molar-refractivity contribution in [2.75, 3.05) is 4.90 Å². The lowest BCUT2D eigenvalue weighted by molar-refractivity contribution is 1.08. The molecule has 0 fully saturated rings. The Kier molecular flexibility index (Phi) is 7.36. The molecule has 244 valence electrons. The van der Waals surface area contributed by atoms with E-state index >= 15 is 0 Å². The van der Waals surface area contributed by atoms with E-state index in [2.05, 4.69) is 150 Å². The lowest BCUT2D eigenvalue weighted by Crippen LogP contribution is -2.12. The number of hydrogen-bond acceptors (Lipinski definition) is 5. The summed E-state index contributed by atoms with van der Waals surface area (Å²) in [6.07, 6.45) is 0. The molecule has 0 unspecified atom stereocenters. The molecule has 0 N–H and O–H groups in total. The van der Waals surface area contributed by atoms with Gasteiger partial charge in [-0.2, -0.15) is 0 Å². The van der Waals surface area contributed by atoms with E-state index in [0.29, 0.717) is 17.5 Å². The number of anilines is 3. The first kappa shape index (κ1) is 30.3. The zero-order valence-electron chi connectivity index (χ0n) is 28.0. The summed E-state index contributed by atoms with van der Waals surface area (Å²) in [7, 11) is 0. The molecule has 5 heteroatoms. The van der Waals surface area contributed by atoms with Gasteiger partial charge in [0, 0.05) is 48.8 Å². The van der Waals surface area contributed by atoms with Gasteiger partial charge in [0.2, 0.25) is 0 Å². The molecule has 0 bridgehead atoms. The topological polar surface area (TPSA) is 41.9 Å². The molecule has 0 amide bonds. The zero-order chi connectivity index (χ0) is 34.4. The summed E-state index contributed by atoms with van der Waals surface area (Å²) in [4.78, 5) is 20.0. The molecule has 2 heterocycles. The molecule has 4 nitrogen and oxygen atoms in total. The third kappa shape index (κ3) is 5.22. The number of hydrogen-bond donors (Lipinski definition) is 0. The standard InChI is InChI=1S/C47H30N4S/c1-4-15-32(16-5-1)45-48-46(33-17-6-2-7-18-33)50-47(49-45)38-28-29-42-43-37(38)22-12-23-39(43)44-40(24-13-25-41(44)52-42)51(35-20-8-3-9-21-35)36-27-26-31-14-10-11-19-34(31)30-36/h1-30H. The van der Waals surface area contributed by atoms with Gasteiger partial charge in [0.1, 0.15) is 0 Å². The van der Waals surface area contributed by atoms with Gasteiger partial charge >= 0.3 is 0 Å². The second kappa shape index (κ2) is 12.6. The van der Waals surface area contributed by atoms with E-state index in [9.17, 15) is 0 Å². The maximum Gasteiger partial charge on any atom is 0.164 e. The van der Waals surface area contributed by atoms with E-state index in [4.69, 9.17) is 15.0 Å². The van der Waals surface area contributed by atoms with Crippen LogP contribution in [-0.2, 0) is 0 Å².